The maximum Gasteiger partial charge on any atom is 0.114 e. The molecule has 0 aliphatic carbocycles. The second kappa shape index (κ2) is 4.76. The molecule has 3 N–H and O–H groups in total. The standard InChI is InChI=1S/C14H15N/c15-14(13-9-5-2-6-10-13)11-12-7-3-1-4-8-12/h1-10,14H,11,15H2/p+1. The van der Waals surface area contributed by atoms with Crippen LogP contribution in [0.1, 0.15) is 17.2 Å². The van der Waals surface area contributed by atoms with Crippen molar-refractivity contribution in [3.05, 3.63) is 71.8 Å². The number of quaternary nitrogens is 1. The highest BCUT2D eigenvalue weighted by Gasteiger charge is 2.08. The van der Waals surface area contributed by atoms with Crippen molar-refractivity contribution in [1.82, 2.24) is 0 Å². The topological polar surface area (TPSA) is 27.6 Å². The Morgan fingerprint density at radius 1 is 0.800 bits per heavy atom. The number of benzene rings is 2. The van der Waals surface area contributed by atoms with Gasteiger partial charge in [0.15, 0.2) is 0 Å². The molecular formula is C14H16N+. The Labute approximate surface area is 90.6 Å². The molecule has 2 rings (SSSR count). The smallest absolute Gasteiger partial charge is 0.114 e. The third-order valence-corrected chi connectivity index (χ3v) is 2.60. The summed E-state index contributed by atoms with van der Waals surface area (Å²) in [6.07, 6.45) is 1.00. The summed E-state index contributed by atoms with van der Waals surface area (Å²) >= 11 is 0. The third kappa shape index (κ3) is 2.67. The van der Waals surface area contributed by atoms with Gasteiger partial charge in [-0.15, -0.1) is 0 Å². The average Bonchev–Trinajstić information content (AvgIpc) is 2.31. The molecule has 0 amide bonds. The second-order valence-corrected chi connectivity index (χ2v) is 3.80. The summed E-state index contributed by atoms with van der Waals surface area (Å²) in [7, 11) is 0. The fourth-order valence-electron chi connectivity index (χ4n) is 1.74. The van der Waals surface area contributed by atoms with Crippen molar-refractivity contribution in [2.45, 2.75) is 12.5 Å². The Morgan fingerprint density at radius 2 is 1.33 bits per heavy atom. The van der Waals surface area contributed by atoms with E-state index < -0.39 is 0 Å². The van der Waals surface area contributed by atoms with E-state index in [0.717, 1.165) is 6.42 Å². The van der Waals surface area contributed by atoms with Gasteiger partial charge in [0, 0.05) is 12.0 Å². The first-order valence-corrected chi connectivity index (χ1v) is 5.28. The Bertz CT molecular complexity index is 394. The van der Waals surface area contributed by atoms with Gasteiger partial charge in [-0.1, -0.05) is 60.7 Å². The number of rotatable bonds is 3. The molecule has 2 aromatic rings. The van der Waals surface area contributed by atoms with Gasteiger partial charge in [0.25, 0.3) is 0 Å². The van der Waals surface area contributed by atoms with Crippen molar-refractivity contribution in [2.24, 2.45) is 0 Å². The molecule has 0 aliphatic heterocycles. The van der Waals surface area contributed by atoms with Crippen molar-refractivity contribution in [3.8, 4) is 0 Å². The van der Waals surface area contributed by atoms with Crippen LogP contribution in [0, 0.1) is 0 Å². The van der Waals surface area contributed by atoms with Crippen LogP contribution in [-0.2, 0) is 6.42 Å². The van der Waals surface area contributed by atoms with Crippen LogP contribution in [0.4, 0.5) is 0 Å². The first-order chi connectivity index (χ1) is 7.36. The quantitative estimate of drug-likeness (QED) is 0.783. The predicted molar refractivity (Wildman–Crippen MR) is 62.2 cm³/mol. The zero-order chi connectivity index (χ0) is 10.5. The summed E-state index contributed by atoms with van der Waals surface area (Å²) in [5.74, 6) is 0. The van der Waals surface area contributed by atoms with Crippen molar-refractivity contribution >= 4 is 0 Å². The molecule has 0 aromatic heterocycles. The van der Waals surface area contributed by atoms with Crippen LogP contribution in [0.2, 0.25) is 0 Å². The molecule has 0 bridgehead atoms. The first kappa shape index (κ1) is 9.94. The van der Waals surface area contributed by atoms with E-state index in [-0.39, 0.29) is 0 Å². The molecule has 0 aliphatic rings. The summed E-state index contributed by atoms with van der Waals surface area (Å²) in [5.41, 5.74) is 6.86. The monoisotopic (exact) mass is 198 g/mol. The molecule has 15 heavy (non-hydrogen) atoms. The molecule has 1 nitrogen and oxygen atoms in total. The highest BCUT2D eigenvalue weighted by atomic mass is 14.6. The minimum atomic E-state index is 0.341. The molecule has 0 spiro atoms. The summed E-state index contributed by atoms with van der Waals surface area (Å²) < 4.78 is 0. The van der Waals surface area contributed by atoms with Crippen LogP contribution in [0.3, 0.4) is 0 Å². The van der Waals surface area contributed by atoms with E-state index in [9.17, 15) is 0 Å². The van der Waals surface area contributed by atoms with E-state index in [1.807, 2.05) is 12.1 Å². The van der Waals surface area contributed by atoms with Gasteiger partial charge in [0.05, 0.1) is 0 Å². The molecule has 76 valence electrons. The molecule has 0 saturated heterocycles. The van der Waals surface area contributed by atoms with E-state index in [0.29, 0.717) is 6.04 Å². The first-order valence-electron chi connectivity index (χ1n) is 5.28. The average molecular weight is 198 g/mol. The maximum absolute atomic E-state index is 4.20. The fourth-order valence-corrected chi connectivity index (χ4v) is 1.74. The largest absolute Gasteiger partial charge is 0.351 e. The molecular weight excluding hydrogens is 182 g/mol. The van der Waals surface area contributed by atoms with Crippen molar-refractivity contribution in [2.75, 3.05) is 0 Å². The Kier molecular flexibility index (Phi) is 3.15. The second-order valence-electron chi connectivity index (χ2n) is 3.80. The predicted octanol–water partition coefficient (Wildman–Crippen LogP) is 2.21. The minimum absolute atomic E-state index is 0.341. The van der Waals surface area contributed by atoms with Gasteiger partial charge in [-0.2, -0.15) is 0 Å². The minimum Gasteiger partial charge on any atom is -0.351 e. The SMILES string of the molecule is [NH3+]C(Cc1ccccc1)c1ccccc1. The highest BCUT2D eigenvalue weighted by molar-refractivity contribution is 5.21. The van der Waals surface area contributed by atoms with Crippen molar-refractivity contribution in [3.63, 3.8) is 0 Å². The van der Waals surface area contributed by atoms with Gasteiger partial charge >= 0.3 is 0 Å². The maximum atomic E-state index is 4.20. The molecule has 0 heterocycles. The van der Waals surface area contributed by atoms with Crippen LogP contribution >= 0.6 is 0 Å². The van der Waals surface area contributed by atoms with Gasteiger partial charge in [-0.3, -0.25) is 0 Å². The van der Waals surface area contributed by atoms with Gasteiger partial charge in [0.2, 0.25) is 0 Å². The summed E-state index contributed by atoms with van der Waals surface area (Å²) in [6, 6.07) is 21.3. The van der Waals surface area contributed by atoms with Gasteiger partial charge in [0.1, 0.15) is 6.04 Å². The van der Waals surface area contributed by atoms with E-state index in [1.54, 1.807) is 0 Å². The van der Waals surface area contributed by atoms with E-state index >= 15 is 0 Å². The zero-order valence-electron chi connectivity index (χ0n) is 8.77. The molecule has 0 fully saturated rings. The molecule has 1 atom stereocenters. The van der Waals surface area contributed by atoms with Crippen LogP contribution in [0.5, 0.6) is 0 Å². The normalized spacial score (nSPS) is 12.3. The van der Waals surface area contributed by atoms with E-state index in [1.165, 1.54) is 11.1 Å². The van der Waals surface area contributed by atoms with Crippen LogP contribution in [-0.4, -0.2) is 0 Å². The van der Waals surface area contributed by atoms with Gasteiger partial charge in [-0.25, -0.2) is 0 Å². The summed E-state index contributed by atoms with van der Waals surface area (Å²) in [4.78, 5) is 0. The zero-order valence-corrected chi connectivity index (χ0v) is 8.77. The van der Waals surface area contributed by atoms with E-state index in [4.69, 9.17) is 0 Å². The van der Waals surface area contributed by atoms with E-state index in [2.05, 4.69) is 54.3 Å². The number of hydrogen-bond donors (Lipinski definition) is 1. The Morgan fingerprint density at radius 3 is 1.93 bits per heavy atom. The highest BCUT2D eigenvalue weighted by Crippen LogP contribution is 2.13. The molecule has 0 saturated carbocycles. The van der Waals surface area contributed by atoms with Gasteiger partial charge in [-0.05, 0) is 5.56 Å². The molecule has 1 unspecified atom stereocenters. The lowest BCUT2D eigenvalue weighted by molar-refractivity contribution is -0.426. The van der Waals surface area contributed by atoms with Crippen LogP contribution in [0.25, 0.3) is 0 Å². The lowest BCUT2D eigenvalue weighted by atomic mass is 10.00. The molecule has 1 heteroatoms. The summed E-state index contributed by atoms with van der Waals surface area (Å²) in [6.45, 7) is 0. The lowest BCUT2D eigenvalue weighted by Gasteiger charge is -2.08. The Hall–Kier alpha value is -1.60. The number of hydrogen-bond acceptors (Lipinski definition) is 0. The lowest BCUT2D eigenvalue weighted by Crippen LogP contribution is -2.54. The van der Waals surface area contributed by atoms with Crippen molar-refractivity contribution in [1.29, 1.82) is 0 Å². The third-order valence-electron chi connectivity index (χ3n) is 2.60. The Balaban J connectivity index is 2.08. The summed E-state index contributed by atoms with van der Waals surface area (Å²) in [5, 5.41) is 0. The van der Waals surface area contributed by atoms with Crippen molar-refractivity contribution < 1.29 is 5.73 Å². The molecule has 2 aromatic carbocycles. The van der Waals surface area contributed by atoms with Crippen LogP contribution in [0.15, 0.2) is 60.7 Å². The van der Waals surface area contributed by atoms with Crippen LogP contribution < -0.4 is 5.73 Å². The van der Waals surface area contributed by atoms with Gasteiger partial charge < -0.3 is 5.73 Å². The fraction of sp³-hybridized carbons (Fsp3) is 0.143. The molecule has 0 radical (unpaired) electrons.